The van der Waals surface area contributed by atoms with E-state index in [-0.39, 0.29) is 17.3 Å². The second kappa shape index (κ2) is 5.91. The largest absolute Gasteiger partial charge is 0.465 e. The van der Waals surface area contributed by atoms with Crippen LogP contribution in [0.3, 0.4) is 0 Å². The van der Waals surface area contributed by atoms with Gasteiger partial charge in [0.2, 0.25) is 0 Å². The smallest absolute Gasteiger partial charge is 0.265 e. The first kappa shape index (κ1) is 15.6. The first-order valence-electron chi connectivity index (χ1n) is 6.70. The number of hydrogen-bond donors (Lipinski definition) is 2. The van der Waals surface area contributed by atoms with Crippen LogP contribution in [0.1, 0.15) is 29.6 Å². The lowest BCUT2D eigenvalue weighted by Crippen LogP contribution is -2.15. The molecule has 1 heterocycles. The monoisotopic (exact) mass is 309 g/mol. The highest BCUT2D eigenvalue weighted by molar-refractivity contribution is 7.92. The zero-order valence-corrected chi connectivity index (χ0v) is 13.1. The molecular weight excluding hydrogens is 290 g/mol. The number of benzene rings is 1. The van der Waals surface area contributed by atoms with Crippen molar-refractivity contribution in [3.05, 3.63) is 46.9 Å². The van der Waals surface area contributed by atoms with E-state index < -0.39 is 10.0 Å². The molecule has 1 aromatic heterocycles. The van der Waals surface area contributed by atoms with Crippen molar-refractivity contribution in [2.45, 2.75) is 38.7 Å². The van der Waals surface area contributed by atoms with Gasteiger partial charge in [-0.1, -0.05) is 19.1 Å². The highest BCUT2D eigenvalue weighted by Crippen LogP contribution is 2.28. The summed E-state index contributed by atoms with van der Waals surface area (Å²) in [5.41, 5.74) is 1.83. The van der Waals surface area contributed by atoms with Crippen molar-refractivity contribution in [2.75, 3.05) is 4.72 Å². The Labute approximate surface area is 124 Å². The predicted octanol–water partition coefficient (Wildman–Crippen LogP) is 2.75. The van der Waals surface area contributed by atoms with Crippen molar-refractivity contribution < 1.29 is 17.9 Å². The van der Waals surface area contributed by atoms with Crippen LogP contribution in [0.2, 0.25) is 0 Å². The lowest BCUT2D eigenvalue weighted by atomic mass is 10.1. The number of anilines is 1. The number of furan rings is 1. The van der Waals surface area contributed by atoms with E-state index in [4.69, 9.17) is 4.42 Å². The van der Waals surface area contributed by atoms with E-state index in [9.17, 15) is 13.5 Å². The molecule has 0 spiro atoms. The minimum atomic E-state index is -3.79. The van der Waals surface area contributed by atoms with Gasteiger partial charge in [0, 0.05) is 11.3 Å². The van der Waals surface area contributed by atoms with E-state index >= 15 is 0 Å². The molecule has 2 rings (SSSR count). The SMILES string of the molecule is CCc1cccc(NS(=O)(=O)c2c(C)oc(C)c2CO)c1. The van der Waals surface area contributed by atoms with Crippen LogP contribution in [-0.4, -0.2) is 13.5 Å². The van der Waals surface area contributed by atoms with Crippen LogP contribution in [0.4, 0.5) is 5.69 Å². The number of nitrogens with one attached hydrogen (secondary N) is 1. The van der Waals surface area contributed by atoms with Crippen LogP contribution < -0.4 is 4.72 Å². The van der Waals surface area contributed by atoms with Gasteiger partial charge in [-0.05, 0) is 38.0 Å². The number of aliphatic hydroxyl groups is 1. The molecule has 1 aromatic carbocycles. The molecule has 0 saturated heterocycles. The summed E-state index contributed by atoms with van der Waals surface area (Å²) in [6, 6.07) is 7.22. The lowest BCUT2D eigenvalue weighted by molar-refractivity contribution is 0.276. The third-order valence-electron chi connectivity index (χ3n) is 3.34. The van der Waals surface area contributed by atoms with E-state index in [2.05, 4.69) is 4.72 Å². The quantitative estimate of drug-likeness (QED) is 0.890. The Hall–Kier alpha value is -1.79. The molecule has 0 radical (unpaired) electrons. The van der Waals surface area contributed by atoms with Gasteiger partial charge in [-0.15, -0.1) is 0 Å². The molecule has 0 aliphatic heterocycles. The lowest BCUT2D eigenvalue weighted by Gasteiger charge is -2.09. The Balaban J connectivity index is 2.43. The van der Waals surface area contributed by atoms with E-state index in [1.54, 1.807) is 32.0 Å². The molecule has 21 heavy (non-hydrogen) atoms. The van der Waals surface area contributed by atoms with Crippen LogP contribution in [-0.2, 0) is 23.1 Å². The van der Waals surface area contributed by atoms with Gasteiger partial charge in [0.25, 0.3) is 10.0 Å². The van der Waals surface area contributed by atoms with Crippen LogP contribution in [0.5, 0.6) is 0 Å². The van der Waals surface area contributed by atoms with Crippen molar-refractivity contribution in [3.8, 4) is 0 Å². The number of sulfonamides is 1. The van der Waals surface area contributed by atoms with E-state index in [0.29, 0.717) is 17.0 Å². The molecule has 0 fully saturated rings. The molecule has 0 aliphatic carbocycles. The maximum atomic E-state index is 12.5. The molecular formula is C15H19NO4S. The standard InChI is InChI=1S/C15H19NO4S/c1-4-12-6-5-7-13(8-12)16-21(18,19)15-11(3)20-10(2)14(15)9-17/h5-8,16-17H,4,9H2,1-3H3. The maximum absolute atomic E-state index is 12.5. The van der Waals surface area contributed by atoms with Crippen LogP contribution in [0.25, 0.3) is 0 Å². The van der Waals surface area contributed by atoms with Crippen molar-refractivity contribution >= 4 is 15.7 Å². The summed E-state index contributed by atoms with van der Waals surface area (Å²) >= 11 is 0. The summed E-state index contributed by atoms with van der Waals surface area (Å²) in [4.78, 5) is 0.0180. The van der Waals surface area contributed by atoms with E-state index in [1.807, 2.05) is 13.0 Å². The van der Waals surface area contributed by atoms with Gasteiger partial charge in [0.15, 0.2) is 0 Å². The van der Waals surface area contributed by atoms with E-state index in [1.165, 1.54) is 0 Å². The number of hydrogen-bond acceptors (Lipinski definition) is 4. The Kier molecular flexibility index (Phi) is 4.39. The molecule has 6 heteroatoms. The molecule has 2 aromatic rings. The van der Waals surface area contributed by atoms with Crippen LogP contribution >= 0.6 is 0 Å². The fourth-order valence-corrected chi connectivity index (χ4v) is 3.80. The topological polar surface area (TPSA) is 79.5 Å². The molecule has 114 valence electrons. The second-order valence-electron chi connectivity index (χ2n) is 4.84. The minimum absolute atomic E-state index is 0.0180. The van der Waals surface area contributed by atoms with Crippen molar-refractivity contribution in [2.24, 2.45) is 0 Å². The van der Waals surface area contributed by atoms with Gasteiger partial charge in [-0.2, -0.15) is 0 Å². The Morgan fingerprint density at radius 1 is 1.24 bits per heavy atom. The van der Waals surface area contributed by atoms with Crippen molar-refractivity contribution in [1.82, 2.24) is 0 Å². The summed E-state index contributed by atoms with van der Waals surface area (Å²) in [6.07, 6.45) is 0.821. The summed E-state index contributed by atoms with van der Waals surface area (Å²) in [5.74, 6) is 0.688. The molecule has 0 amide bonds. The molecule has 2 N–H and O–H groups in total. The van der Waals surface area contributed by atoms with Gasteiger partial charge in [-0.3, -0.25) is 4.72 Å². The fraction of sp³-hybridized carbons (Fsp3) is 0.333. The van der Waals surface area contributed by atoms with Gasteiger partial charge in [0.1, 0.15) is 16.4 Å². The molecule has 0 atom stereocenters. The Bertz CT molecular complexity index is 747. The van der Waals surface area contributed by atoms with Gasteiger partial charge in [-0.25, -0.2) is 8.42 Å². The fourth-order valence-electron chi connectivity index (χ4n) is 2.31. The van der Waals surface area contributed by atoms with Gasteiger partial charge >= 0.3 is 0 Å². The highest BCUT2D eigenvalue weighted by atomic mass is 32.2. The summed E-state index contributed by atoms with van der Waals surface area (Å²) in [6.45, 7) is 4.83. The summed E-state index contributed by atoms with van der Waals surface area (Å²) < 4.78 is 32.9. The molecule has 0 saturated carbocycles. The normalized spacial score (nSPS) is 11.6. The minimum Gasteiger partial charge on any atom is -0.465 e. The van der Waals surface area contributed by atoms with Crippen LogP contribution in [0.15, 0.2) is 33.6 Å². The van der Waals surface area contributed by atoms with Gasteiger partial charge < -0.3 is 9.52 Å². The maximum Gasteiger partial charge on any atom is 0.265 e. The first-order chi connectivity index (χ1) is 9.89. The molecule has 5 nitrogen and oxygen atoms in total. The Morgan fingerprint density at radius 2 is 1.95 bits per heavy atom. The average Bonchev–Trinajstić information content (AvgIpc) is 2.73. The Morgan fingerprint density at radius 3 is 2.57 bits per heavy atom. The summed E-state index contributed by atoms with van der Waals surface area (Å²) in [7, 11) is -3.79. The first-order valence-corrected chi connectivity index (χ1v) is 8.18. The van der Waals surface area contributed by atoms with Gasteiger partial charge in [0.05, 0.1) is 6.61 Å². The van der Waals surface area contributed by atoms with Crippen molar-refractivity contribution in [1.29, 1.82) is 0 Å². The number of rotatable bonds is 5. The molecule has 0 unspecified atom stereocenters. The number of aryl methyl sites for hydroxylation is 3. The zero-order chi connectivity index (χ0) is 15.6. The average molecular weight is 309 g/mol. The third kappa shape index (κ3) is 3.11. The van der Waals surface area contributed by atoms with E-state index in [0.717, 1.165) is 12.0 Å². The zero-order valence-electron chi connectivity index (χ0n) is 12.3. The highest BCUT2D eigenvalue weighted by Gasteiger charge is 2.26. The van der Waals surface area contributed by atoms with Crippen molar-refractivity contribution in [3.63, 3.8) is 0 Å². The second-order valence-corrected chi connectivity index (χ2v) is 6.46. The number of aliphatic hydroxyl groups excluding tert-OH is 1. The predicted molar refractivity (Wildman–Crippen MR) is 80.7 cm³/mol. The van der Waals surface area contributed by atoms with Crippen LogP contribution in [0, 0.1) is 13.8 Å². The summed E-state index contributed by atoms with van der Waals surface area (Å²) in [5, 5.41) is 9.37. The molecule has 0 aliphatic rings. The third-order valence-corrected chi connectivity index (χ3v) is 4.92. The molecule has 0 bridgehead atoms.